The van der Waals surface area contributed by atoms with Crippen LogP contribution in [0.4, 0.5) is 0 Å². The van der Waals surface area contributed by atoms with Crippen LogP contribution < -0.4 is 4.74 Å². The molecule has 0 fully saturated rings. The second-order valence-corrected chi connectivity index (χ2v) is 7.87. The number of nitrogens with zero attached hydrogens (tertiary/aromatic N) is 2. The number of ketones is 1. The lowest BCUT2D eigenvalue weighted by atomic mass is 10.1. The van der Waals surface area contributed by atoms with Crippen LogP contribution in [-0.4, -0.2) is 29.5 Å². The van der Waals surface area contributed by atoms with Gasteiger partial charge in [-0.25, -0.2) is 4.79 Å². The first-order chi connectivity index (χ1) is 14.7. The zero-order chi connectivity index (χ0) is 23.0. The number of aromatic nitrogens is 1. The lowest BCUT2D eigenvalue weighted by molar-refractivity contribution is -0.139. The van der Waals surface area contributed by atoms with Crippen LogP contribution in [0.2, 0.25) is 0 Å². The first kappa shape index (κ1) is 23.9. The molecule has 0 saturated heterocycles. The van der Waals surface area contributed by atoms with E-state index in [1.54, 1.807) is 30.3 Å². The molecule has 31 heavy (non-hydrogen) atoms. The summed E-state index contributed by atoms with van der Waals surface area (Å²) in [4.78, 5) is 24.0. The molecule has 1 aromatic heterocycles. The van der Waals surface area contributed by atoms with Crippen LogP contribution in [-0.2, 0) is 16.1 Å². The lowest BCUT2D eigenvalue weighted by Gasteiger charge is -2.11. The fourth-order valence-electron chi connectivity index (χ4n) is 3.24. The van der Waals surface area contributed by atoms with Crippen molar-refractivity contribution < 1.29 is 19.1 Å². The highest BCUT2D eigenvalue weighted by Crippen LogP contribution is 2.20. The Balaban J connectivity index is 2.00. The topological polar surface area (TPSA) is 81.3 Å². The number of aryl methyl sites for hydroxylation is 1. The molecule has 1 aromatic carbocycles. The molecule has 0 atom stereocenters. The molecule has 0 spiro atoms. The molecule has 0 aliphatic heterocycles. The summed E-state index contributed by atoms with van der Waals surface area (Å²) >= 11 is 0. The number of benzene rings is 1. The molecule has 0 bridgehead atoms. The maximum Gasteiger partial charge on any atom is 0.349 e. The summed E-state index contributed by atoms with van der Waals surface area (Å²) in [6.45, 7) is 10.8. The van der Waals surface area contributed by atoms with Crippen molar-refractivity contribution in [2.75, 3.05) is 13.2 Å². The van der Waals surface area contributed by atoms with Crippen LogP contribution in [0.1, 0.15) is 54.5 Å². The summed E-state index contributed by atoms with van der Waals surface area (Å²) in [5.74, 6) is 0.233. The van der Waals surface area contributed by atoms with Crippen molar-refractivity contribution in [1.82, 2.24) is 4.57 Å². The Labute approximate surface area is 184 Å². The van der Waals surface area contributed by atoms with Crippen molar-refractivity contribution in [3.05, 3.63) is 58.4 Å². The van der Waals surface area contributed by atoms with Gasteiger partial charge in [0.1, 0.15) is 30.6 Å². The largest absolute Gasteiger partial charge is 0.489 e. The third kappa shape index (κ3) is 6.58. The van der Waals surface area contributed by atoms with Gasteiger partial charge < -0.3 is 14.0 Å². The highest BCUT2D eigenvalue weighted by molar-refractivity contribution is 5.98. The van der Waals surface area contributed by atoms with Crippen molar-refractivity contribution in [3.63, 3.8) is 0 Å². The fourth-order valence-corrected chi connectivity index (χ4v) is 3.24. The molecular formula is C25H30N2O4. The van der Waals surface area contributed by atoms with E-state index >= 15 is 0 Å². The van der Waals surface area contributed by atoms with Crippen LogP contribution in [0, 0.1) is 31.1 Å². The second-order valence-electron chi connectivity index (χ2n) is 7.87. The average molecular weight is 423 g/mol. The van der Waals surface area contributed by atoms with Crippen LogP contribution in [0.25, 0.3) is 6.08 Å². The molecule has 0 unspecified atom stereocenters. The number of esters is 1. The average Bonchev–Trinajstić information content (AvgIpc) is 3.00. The van der Waals surface area contributed by atoms with Crippen LogP contribution in [0.5, 0.6) is 5.75 Å². The van der Waals surface area contributed by atoms with Crippen LogP contribution in [0.15, 0.2) is 35.9 Å². The number of Topliss-reactive ketones (excluding diaryl/α,β-unsaturated/α-hetero) is 1. The van der Waals surface area contributed by atoms with Gasteiger partial charge in [0.25, 0.3) is 0 Å². The number of carbonyl (C=O) groups excluding carboxylic acids is 2. The minimum Gasteiger partial charge on any atom is -0.489 e. The third-order valence-electron chi connectivity index (χ3n) is 5.02. The standard InChI is InChI=1S/C25H30N2O4/c1-17(2)10-11-27-18(3)14-21(19(27)4)15-22(16-26)25(29)31-13-12-30-24-9-7-6-8-23(24)20(5)28/h6-9,14-15,17H,10-13H2,1-5H3. The maximum atomic E-state index is 12.4. The molecule has 0 N–H and O–H groups in total. The quantitative estimate of drug-likeness (QED) is 0.179. The molecule has 1 heterocycles. The van der Waals surface area contributed by atoms with E-state index in [0.29, 0.717) is 17.2 Å². The SMILES string of the molecule is CC(=O)c1ccccc1OCCOC(=O)C(C#N)=Cc1cc(C)n(CCC(C)C)c1C. The van der Waals surface area contributed by atoms with E-state index in [1.807, 2.05) is 26.0 Å². The predicted molar refractivity (Wildman–Crippen MR) is 120 cm³/mol. The van der Waals surface area contributed by atoms with Gasteiger partial charge in [0, 0.05) is 17.9 Å². The van der Waals surface area contributed by atoms with Gasteiger partial charge in [0.05, 0.1) is 5.56 Å². The number of nitriles is 1. The fraction of sp³-hybridized carbons (Fsp3) is 0.400. The zero-order valence-corrected chi connectivity index (χ0v) is 18.9. The maximum absolute atomic E-state index is 12.4. The molecule has 6 heteroatoms. The van der Waals surface area contributed by atoms with Gasteiger partial charge in [-0.05, 0) is 62.9 Å². The molecule has 0 radical (unpaired) electrons. The van der Waals surface area contributed by atoms with E-state index < -0.39 is 5.97 Å². The number of hydrogen-bond donors (Lipinski definition) is 0. The highest BCUT2D eigenvalue weighted by Gasteiger charge is 2.15. The van der Waals surface area contributed by atoms with Crippen LogP contribution in [0.3, 0.4) is 0 Å². The van der Waals surface area contributed by atoms with E-state index in [1.165, 1.54) is 6.92 Å². The Morgan fingerprint density at radius 1 is 1.19 bits per heavy atom. The van der Waals surface area contributed by atoms with E-state index in [0.717, 1.165) is 29.9 Å². The molecule has 0 amide bonds. The molecular weight excluding hydrogens is 392 g/mol. The molecule has 0 saturated carbocycles. The summed E-state index contributed by atoms with van der Waals surface area (Å²) in [5.41, 5.74) is 3.35. The van der Waals surface area contributed by atoms with E-state index in [-0.39, 0.29) is 24.6 Å². The number of hydrogen-bond acceptors (Lipinski definition) is 5. The Hall–Kier alpha value is -3.33. The number of rotatable bonds is 10. The Bertz CT molecular complexity index is 1010. The van der Waals surface area contributed by atoms with Crippen molar-refractivity contribution in [2.45, 2.75) is 47.6 Å². The molecule has 6 nitrogen and oxygen atoms in total. The summed E-state index contributed by atoms with van der Waals surface area (Å²) < 4.78 is 13.0. The number of para-hydroxylation sites is 1. The molecule has 164 valence electrons. The van der Waals surface area contributed by atoms with Gasteiger partial charge in [-0.3, -0.25) is 4.79 Å². The highest BCUT2D eigenvalue weighted by atomic mass is 16.6. The van der Waals surface area contributed by atoms with Crippen molar-refractivity contribution in [3.8, 4) is 11.8 Å². The molecule has 0 aliphatic rings. The Morgan fingerprint density at radius 3 is 2.55 bits per heavy atom. The van der Waals surface area contributed by atoms with Crippen molar-refractivity contribution in [2.24, 2.45) is 5.92 Å². The van der Waals surface area contributed by atoms with Crippen LogP contribution >= 0.6 is 0 Å². The number of ether oxygens (including phenoxy) is 2. The Morgan fingerprint density at radius 2 is 1.90 bits per heavy atom. The molecule has 0 aliphatic carbocycles. The Kier molecular flexibility index (Phi) is 8.63. The van der Waals surface area contributed by atoms with Gasteiger partial charge in [-0.1, -0.05) is 26.0 Å². The van der Waals surface area contributed by atoms with Gasteiger partial charge in [0.2, 0.25) is 0 Å². The zero-order valence-electron chi connectivity index (χ0n) is 18.9. The first-order valence-electron chi connectivity index (χ1n) is 10.4. The van der Waals surface area contributed by atoms with E-state index in [4.69, 9.17) is 9.47 Å². The smallest absolute Gasteiger partial charge is 0.349 e. The van der Waals surface area contributed by atoms with Gasteiger partial charge >= 0.3 is 5.97 Å². The van der Waals surface area contributed by atoms with E-state index in [9.17, 15) is 14.9 Å². The summed E-state index contributed by atoms with van der Waals surface area (Å²) in [6.07, 6.45) is 2.63. The lowest BCUT2D eigenvalue weighted by Crippen LogP contribution is -2.14. The predicted octanol–water partition coefficient (Wildman–Crippen LogP) is 4.88. The molecule has 2 aromatic rings. The summed E-state index contributed by atoms with van der Waals surface area (Å²) in [7, 11) is 0. The van der Waals surface area contributed by atoms with Gasteiger partial charge in [0.15, 0.2) is 5.78 Å². The van der Waals surface area contributed by atoms with E-state index in [2.05, 4.69) is 18.4 Å². The molecule has 2 rings (SSSR count). The van der Waals surface area contributed by atoms with Gasteiger partial charge in [-0.15, -0.1) is 0 Å². The summed E-state index contributed by atoms with van der Waals surface area (Å²) in [5, 5.41) is 9.44. The minimum absolute atomic E-state index is 0.0303. The number of carbonyl (C=O) groups is 2. The van der Waals surface area contributed by atoms with Crippen molar-refractivity contribution in [1.29, 1.82) is 5.26 Å². The third-order valence-corrected chi connectivity index (χ3v) is 5.02. The summed E-state index contributed by atoms with van der Waals surface area (Å²) in [6, 6.07) is 10.8. The normalized spacial score (nSPS) is 11.3. The first-order valence-corrected chi connectivity index (χ1v) is 10.4. The minimum atomic E-state index is -0.696. The van der Waals surface area contributed by atoms with Crippen molar-refractivity contribution >= 4 is 17.8 Å². The second kappa shape index (κ2) is 11.2. The monoisotopic (exact) mass is 422 g/mol. The van der Waals surface area contributed by atoms with Gasteiger partial charge in [-0.2, -0.15) is 5.26 Å².